The lowest BCUT2D eigenvalue weighted by Gasteiger charge is -2.24. The first-order chi connectivity index (χ1) is 10.6. The van der Waals surface area contributed by atoms with E-state index < -0.39 is 10.0 Å². The number of rotatable bonds is 3. The van der Waals surface area contributed by atoms with Crippen LogP contribution >= 0.6 is 0 Å². The van der Waals surface area contributed by atoms with Crippen molar-refractivity contribution in [3.63, 3.8) is 0 Å². The highest BCUT2D eigenvalue weighted by Crippen LogP contribution is 2.28. The van der Waals surface area contributed by atoms with Gasteiger partial charge in [0.2, 0.25) is 0 Å². The standard InChI is InChI=1S/C17H20N2O2S/c1-2-14-7-9-16(10-8-14)22(20,21)19-12-11-18-13-15-5-3-4-6-17(15)19/h3-10,18H,2,11-13H2,1H3. The summed E-state index contributed by atoms with van der Waals surface area (Å²) >= 11 is 0. The molecule has 0 aromatic heterocycles. The molecule has 0 unspecified atom stereocenters. The molecule has 0 bridgehead atoms. The molecule has 2 aromatic carbocycles. The van der Waals surface area contributed by atoms with Crippen LogP contribution in [0, 0.1) is 0 Å². The maximum Gasteiger partial charge on any atom is 0.264 e. The number of benzene rings is 2. The van der Waals surface area contributed by atoms with Crippen LogP contribution in [-0.4, -0.2) is 21.5 Å². The summed E-state index contributed by atoms with van der Waals surface area (Å²) in [6, 6.07) is 14.8. The largest absolute Gasteiger partial charge is 0.311 e. The number of sulfonamides is 1. The van der Waals surface area contributed by atoms with Crippen LogP contribution in [0.25, 0.3) is 0 Å². The van der Waals surface area contributed by atoms with Crippen molar-refractivity contribution in [1.82, 2.24) is 5.32 Å². The van der Waals surface area contributed by atoms with Gasteiger partial charge in [0.25, 0.3) is 10.0 Å². The van der Waals surface area contributed by atoms with Gasteiger partial charge in [0.15, 0.2) is 0 Å². The van der Waals surface area contributed by atoms with Crippen molar-refractivity contribution in [2.24, 2.45) is 0 Å². The average Bonchev–Trinajstić information content (AvgIpc) is 2.77. The number of aryl methyl sites for hydroxylation is 1. The molecule has 3 rings (SSSR count). The van der Waals surface area contributed by atoms with Gasteiger partial charge in [-0.1, -0.05) is 37.3 Å². The quantitative estimate of drug-likeness (QED) is 0.947. The Kier molecular flexibility index (Phi) is 4.18. The van der Waals surface area contributed by atoms with E-state index in [9.17, 15) is 8.42 Å². The second-order valence-electron chi connectivity index (χ2n) is 5.38. The van der Waals surface area contributed by atoms with E-state index >= 15 is 0 Å². The van der Waals surface area contributed by atoms with Crippen molar-refractivity contribution in [3.8, 4) is 0 Å². The summed E-state index contributed by atoms with van der Waals surface area (Å²) in [5, 5.41) is 3.27. The van der Waals surface area contributed by atoms with Gasteiger partial charge in [-0.2, -0.15) is 0 Å². The van der Waals surface area contributed by atoms with Crippen LogP contribution in [0.2, 0.25) is 0 Å². The molecule has 0 spiro atoms. The highest BCUT2D eigenvalue weighted by molar-refractivity contribution is 7.92. The third-order valence-electron chi connectivity index (χ3n) is 3.99. The zero-order chi connectivity index (χ0) is 15.6. The molecule has 2 aromatic rings. The van der Waals surface area contributed by atoms with Crippen molar-refractivity contribution in [1.29, 1.82) is 0 Å². The Morgan fingerprint density at radius 3 is 2.55 bits per heavy atom. The Labute approximate surface area is 131 Å². The Balaban J connectivity index is 2.04. The van der Waals surface area contributed by atoms with Gasteiger partial charge in [-0.15, -0.1) is 0 Å². The third kappa shape index (κ3) is 2.74. The molecule has 0 saturated carbocycles. The zero-order valence-electron chi connectivity index (χ0n) is 12.6. The Bertz CT molecular complexity index is 754. The predicted molar refractivity (Wildman–Crippen MR) is 88.5 cm³/mol. The first-order valence-electron chi connectivity index (χ1n) is 7.53. The smallest absolute Gasteiger partial charge is 0.264 e. The average molecular weight is 316 g/mol. The second-order valence-corrected chi connectivity index (χ2v) is 7.24. The summed E-state index contributed by atoms with van der Waals surface area (Å²) in [5.74, 6) is 0. The molecule has 0 atom stereocenters. The maximum absolute atomic E-state index is 13.0. The van der Waals surface area contributed by atoms with Crippen molar-refractivity contribution >= 4 is 15.7 Å². The fourth-order valence-electron chi connectivity index (χ4n) is 2.70. The SMILES string of the molecule is CCc1ccc(S(=O)(=O)N2CCNCc3ccccc32)cc1. The van der Waals surface area contributed by atoms with Crippen molar-refractivity contribution in [2.45, 2.75) is 24.8 Å². The van der Waals surface area contributed by atoms with E-state index in [0.717, 1.165) is 23.2 Å². The van der Waals surface area contributed by atoms with Crippen LogP contribution in [-0.2, 0) is 23.0 Å². The fraction of sp³-hybridized carbons (Fsp3) is 0.294. The molecule has 5 heteroatoms. The minimum atomic E-state index is -3.53. The molecule has 4 nitrogen and oxygen atoms in total. The monoisotopic (exact) mass is 316 g/mol. The summed E-state index contributed by atoms with van der Waals surface area (Å²) < 4.78 is 27.5. The highest BCUT2D eigenvalue weighted by Gasteiger charge is 2.27. The topological polar surface area (TPSA) is 49.4 Å². The van der Waals surface area contributed by atoms with Gasteiger partial charge in [-0.05, 0) is 35.7 Å². The number of fused-ring (bicyclic) bond motifs is 1. The van der Waals surface area contributed by atoms with E-state index in [0.29, 0.717) is 24.5 Å². The number of hydrogen-bond donors (Lipinski definition) is 1. The number of hydrogen-bond acceptors (Lipinski definition) is 3. The lowest BCUT2D eigenvalue weighted by molar-refractivity contribution is 0.589. The van der Waals surface area contributed by atoms with E-state index in [1.165, 1.54) is 4.31 Å². The normalized spacial score (nSPS) is 15.2. The summed E-state index contributed by atoms with van der Waals surface area (Å²) in [5.41, 5.74) is 2.91. The molecule has 0 saturated heterocycles. The molecule has 0 amide bonds. The molecule has 1 aliphatic heterocycles. The number of para-hydroxylation sites is 1. The minimum Gasteiger partial charge on any atom is -0.311 e. The van der Waals surface area contributed by atoms with Crippen LogP contribution in [0.4, 0.5) is 5.69 Å². The molecular weight excluding hydrogens is 296 g/mol. The second kappa shape index (κ2) is 6.10. The van der Waals surface area contributed by atoms with E-state index in [1.54, 1.807) is 12.1 Å². The molecule has 0 fully saturated rings. The van der Waals surface area contributed by atoms with Gasteiger partial charge in [-0.3, -0.25) is 4.31 Å². The van der Waals surface area contributed by atoms with E-state index in [4.69, 9.17) is 0 Å². The fourth-order valence-corrected chi connectivity index (χ4v) is 4.20. The Hall–Kier alpha value is -1.85. The van der Waals surface area contributed by atoms with Gasteiger partial charge in [0.05, 0.1) is 10.6 Å². The molecule has 0 radical (unpaired) electrons. The molecule has 1 N–H and O–H groups in total. The number of anilines is 1. The summed E-state index contributed by atoms with van der Waals surface area (Å²) in [7, 11) is -3.53. The first kappa shape index (κ1) is 15.1. The van der Waals surface area contributed by atoms with E-state index in [1.807, 2.05) is 36.4 Å². The number of nitrogens with zero attached hydrogens (tertiary/aromatic N) is 1. The highest BCUT2D eigenvalue weighted by atomic mass is 32.2. The van der Waals surface area contributed by atoms with Crippen LogP contribution in [0.3, 0.4) is 0 Å². The third-order valence-corrected chi connectivity index (χ3v) is 5.81. The molecule has 1 heterocycles. The molecule has 0 aliphatic carbocycles. The minimum absolute atomic E-state index is 0.349. The predicted octanol–water partition coefficient (Wildman–Crippen LogP) is 2.55. The van der Waals surface area contributed by atoms with Crippen LogP contribution in [0.5, 0.6) is 0 Å². The Morgan fingerprint density at radius 2 is 1.82 bits per heavy atom. The van der Waals surface area contributed by atoms with Gasteiger partial charge in [0, 0.05) is 19.6 Å². The summed E-state index contributed by atoms with van der Waals surface area (Å²) in [4.78, 5) is 0.349. The molecule has 116 valence electrons. The summed E-state index contributed by atoms with van der Waals surface area (Å²) in [6.45, 7) is 3.83. The van der Waals surface area contributed by atoms with E-state index in [-0.39, 0.29) is 0 Å². The Morgan fingerprint density at radius 1 is 1.09 bits per heavy atom. The van der Waals surface area contributed by atoms with Gasteiger partial charge < -0.3 is 5.32 Å². The van der Waals surface area contributed by atoms with Gasteiger partial charge >= 0.3 is 0 Å². The molecular formula is C17H20N2O2S. The lowest BCUT2D eigenvalue weighted by Crippen LogP contribution is -2.34. The molecule has 22 heavy (non-hydrogen) atoms. The van der Waals surface area contributed by atoms with Crippen molar-refractivity contribution in [2.75, 3.05) is 17.4 Å². The summed E-state index contributed by atoms with van der Waals surface area (Å²) in [6.07, 6.45) is 0.900. The van der Waals surface area contributed by atoms with Crippen molar-refractivity contribution in [3.05, 3.63) is 59.7 Å². The van der Waals surface area contributed by atoms with E-state index in [2.05, 4.69) is 12.2 Å². The van der Waals surface area contributed by atoms with Crippen LogP contribution < -0.4 is 9.62 Å². The molecule has 1 aliphatic rings. The number of nitrogens with one attached hydrogen (secondary N) is 1. The van der Waals surface area contributed by atoms with Crippen LogP contribution in [0.15, 0.2) is 53.4 Å². The first-order valence-corrected chi connectivity index (χ1v) is 8.97. The van der Waals surface area contributed by atoms with Crippen LogP contribution in [0.1, 0.15) is 18.1 Å². The van der Waals surface area contributed by atoms with Gasteiger partial charge in [-0.25, -0.2) is 8.42 Å². The van der Waals surface area contributed by atoms with Gasteiger partial charge in [0.1, 0.15) is 0 Å². The zero-order valence-corrected chi connectivity index (χ0v) is 13.4. The van der Waals surface area contributed by atoms with Crippen molar-refractivity contribution < 1.29 is 8.42 Å². The lowest BCUT2D eigenvalue weighted by atomic mass is 10.2. The maximum atomic E-state index is 13.0.